The maximum absolute atomic E-state index is 12.3. The van der Waals surface area contributed by atoms with Gasteiger partial charge in [0, 0.05) is 18.0 Å². The first-order valence-electron chi connectivity index (χ1n) is 10.2. The van der Waals surface area contributed by atoms with Crippen molar-refractivity contribution in [2.45, 2.75) is 73.9 Å². The molecule has 0 saturated carbocycles. The third-order valence-corrected chi connectivity index (χ3v) is 7.26. The molecule has 0 aromatic rings. The topological polar surface area (TPSA) is 180 Å². The van der Waals surface area contributed by atoms with Crippen LogP contribution in [0.5, 0.6) is 0 Å². The molecular formula is C15H25B3O13P2. The Morgan fingerprint density at radius 3 is 1.67 bits per heavy atom. The van der Waals surface area contributed by atoms with Gasteiger partial charge in [0.05, 0.1) is 38.1 Å². The monoisotopic (exact) mass is 508 g/mol. The zero-order valence-electron chi connectivity index (χ0n) is 17.5. The molecule has 0 amide bonds. The van der Waals surface area contributed by atoms with E-state index in [1.54, 1.807) is 0 Å². The number of hydrogen-bond donors (Lipinski definition) is 4. The fraction of sp³-hybridized carbons (Fsp3) is 1.00. The van der Waals surface area contributed by atoms with Gasteiger partial charge in [0.2, 0.25) is 0 Å². The molecule has 3 heterocycles. The molecule has 33 heavy (non-hydrogen) atoms. The Balaban J connectivity index is 1.50. The highest BCUT2D eigenvalue weighted by molar-refractivity contribution is 7.47. The molecule has 6 radical (unpaired) electrons. The predicted molar refractivity (Wildman–Crippen MR) is 111 cm³/mol. The van der Waals surface area contributed by atoms with Crippen LogP contribution in [0.3, 0.4) is 0 Å². The molecule has 5 unspecified atom stereocenters. The van der Waals surface area contributed by atoms with Crippen LogP contribution in [0.15, 0.2) is 0 Å². The molecule has 3 rings (SSSR count). The third-order valence-electron chi connectivity index (χ3n) is 5.23. The Hall–Kier alpha value is 0.215. The third kappa shape index (κ3) is 8.11. The van der Waals surface area contributed by atoms with Gasteiger partial charge in [0.15, 0.2) is 0 Å². The molecule has 0 aromatic heterocycles. The summed E-state index contributed by atoms with van der Waals surface area (Å²) in [7, 11) is 7.53. The molecule has 18 heteroatoms. The van der Waals surface area contributed by atoms with Crippen molar-refractivity contribution in [3.8, 4) is 0 Å². The average Bonchev–Trinajstić information content (AvgIpc) is 3.33. The number of rotatable bonds is 11. The molecule has 0 bridgehead atoms. The van der Waals surface area contributed by atoms with Crippen molar-refractivity contribution in [3.05, 3.63) is 0 Å². The van der Waals surface area contributed by atoms with Gasteiger partial charge in [-0.1, -0.05) is 0 Å². The lowest BCUT2D eigenvalue weighted by Gasteiger charge is -2.24. The van der Waals surface area contributed by atoms with E-state index in [2.05, 4.69) is 0 Å². The van der Waals surface area contributed by atoms with Crippen LogP contribution >= 0.6 is 15.6 Å². The molecule has 13 nitrogen and oxygen atoms in total. The van der Waals surface area contributed by atoms with E-state index >= 15 is 0 Å². The number of phosphoric ester groups is 2. The van der Waals surface area contributed by atoms with Gasteiger partial charge in [-0.3, -0.25) is 18.1 Å². The second kappa shape index (κ2) is 11.5. The van der Waals surface area contributed by atoms with Crippen LogP contribution in [0, 0.1) is 0 Å². The van der Waals surface area contributed by atoms with E-state index < -0.39 is 90.1 Å². The minimum Gasteiger partial charge on any atom is -0.394 e. The first kappa shape index (κ1) is 27.8. The summed E-state index contributed by atoms with van der Waals surface area (Å²) in [5.41, 5.74) is 0. The Morgan fingerprint density at radius 1 is 0.758 bits per heavy atom. The van der Waals surface area contributed by atoms with E-state index in [4.69, 9.17) is 55.8 Å². The normalized spacial score (nSPS) is 42.8. The Labute approximate surface area is 194 Å². The first-order chi connectivity index (χ1) is 15.4. The number of aliphatic hydroxyl groups is 2. The van der Waals surface area contributed by atoms with Crippen LogP contribution in [0.1, 0.15) is 19.3 Å². The molecule has 0 aromatic carbocycles. The highest BCUT2D eigenvalue weighted by atomic mass is 31.2. The molecule has 3 fully saturated rings. The fourth-order valence-corrected chi connectivity index (χ4v) is 5.60. The Morgan fingerprint density at radius 2 is 1.18 bits per heavy atom. The van der Waals surface area contributed by atoms with E-state index in [1.807, 2.05) is 0 Å². The van der Waals surface area contributed by atoms with E-state index in [1.165, 1.54) is 0 Å². The molecule has 0 spiro atoms. The van der Waals surface area contributed by atoms with Crippen LogP contribution < -0.4 is 0 Å². The smallest absolute Gasteiger partial charge is 0.394 e. The first-order valence-corrected chi connectivity index (χ1v) is 13.2. The summed E-state index contributed by atoms with van der Waals surface area (Å²) >= 11 is 0. The Kier molecular flexibility index (Phi) is 9.70. The lowest BCUT2D eigenvalue weighted by molar-refractivity contribution is -0.0321. The van der Waals surface area contributed by atoms with Crippen LogP contribution in [-0.2, 0) is 41.4 Å². The quantitative estimate of drug-likeness (QED) is 0.182. The van der Waals surface area contributed by atoms with E-state index in [9.17, 15) is 29.1 Å². The van der Waals surface area contributed by atoms with Crippen molar-refractivity contribution in [1.29, 1.82) is 0 Å². The molecule has 4 N–H and O–H groups in total. The van der Waals surface area contributed by atoms with Gasteiger partial charge >= 0.3 is 15.6 Å². The van der Waals surface area contributed by atoms with Crippen molar-refractivity contribution in [1.82, 2.24) is 0 Å². The van der Waals surface area contributed by atoms with E-state index in [0.717, 1.165) is 0 Å². The Bertz CT molecular complexity index is 750. The van der Waals surface area contributed by atoms with Crippen molar-refractivity contribution in [2.75, 3.05) is 19.8 Å². The summed E-state index contributed by atoms with van der Waals surface area (Å²) in [6.45, 7) is -1.51. The standard InChI is InChI=1S/C15H25B3O13P2/c16-13-1-7(20)11(28-13)5-25-32(21,22)31-9-3-15(18)29-12(9)6-26-33(23,24)30-8-2-14(17)27-10(8)4-19/h7-15,19-20H,1-6H2,(H,21,22)(H,23,24)/t7?,8?,9?,10-,11-,12-,13-,14-,15-/m1/s1. The molecule has 11 atom stereocenters. The number of phosphoric acid groups is 2. The largest absolute Gasteiger partial charge is 0.472 e. The predicted octanol–water partition coefficient (Wildman–Crippen LogP) is -1.81. The fourth-order valence-electron chi connectivity index (χ4n) is 3.68. The molecule has 182 valence electrons. The minimum atomic E-state index is -4.66. The van der Waals surface area contributed by atoms with E-state index in [0.29, 0.717) is 0 Å². The highest BCUT2D eigenvalue weighted by Gasteiger charge is 2.43. The highest BCUT2D eigenvalue weighted by Crippen LogP contribution is 2.50. The van der Waals surface area contributed by atoms with Gasteiger partial charge in [-0.25, -0.2) is 9.13 Å². The van der Waals surface area contributed by atoms with Crippen LogP contribution in [-0.4, -0.2) is 118 Å². The maximum Gasteiger partial charge on any atom is 0.472 e. The summed E-state index contributed by atoms with van der Waals surface area (Å²) < 4.78 is 60.2. The van der Waals surface area contributed by atoms with Crippen molar-refractivity contribution >= 4 is 39.2 Å². The van der Waals surface area contributed by atoms with Gasteiger partial charge in [-0.2, -0.15) is 0 Å². The number of hydrogen-bond acceptors (Lipinski definition) is 11. The average molecular weight is 508 g/mol. The summed E-state index contributed by atoms with van der Waals surface area (Å²) in [5.74, 6) is 0. The van der Waals surface area contributed by atoms with Crippen LogP contribution in [0.2, 0.25) is 0 Å². The lowest BCUT2D eigenvalue weighted by Crippen LogP contribution is -2.31. The van der Waals surface area contributed by atoms with Gasteiger partial charge in [-0.15, -0.1) is 0 Å². The summed E-state index contributed by atoms with van der Waals surface area (Å²) in [6.07, 6.45) is -5.80. The number of ether oxygens (including phenoxy) is 3. The van der Waals surface area contributed by atoms with Crippen molar-refractivity contribution in [3.63, 3.8) is 0 Å². The van der Waals surface area contributed by atoms with Crippen LogP contribution in [0.4, 0.5) is 0 Å². The zero-order chi connectivity index (χ0) is 24.4. The minimum absolute atomic E-state index is 0.0378. The molecule has 3 aliphatic heterocycles. The van der Waals surface area contributed by atoms with Crippen molar-refractivity contribution < 1.29 is 61.4 Å². The van der Waals surface area contributed by atoms with Gasteiger partial charge in [0.1, 0.15) is 41.9 Å². The maximum atomic E-state index is 12.3. The van der Waals surface area contributed by atoms with Gasteiger partial charge in [0.25, 0.3) is 0 Å². The number of aliphatic hydroxyl groups excluding tert-OH is 2. The van der Waals surface area contributed by atoms with Crippen molar-refractivity contribution in [2.24, 2.45) is 0 Å². The SMILES string of the molecule is [B][C@H]1CC(O)[C@@H](COP(=O)(O)OC2C[C@H]([B])O[C@@H]2COP(=O)(O)OC2C[C@H]([B])O[C@@H]2CO)O1. The second-order valence-corrected chi connectivity index (χ2v) is 10.7. The summed E-state index contributed by atoms with van der Waals surface area (Å²) in [5, 5.41) is 19.0. The second-order valence-electron chi connectivity index (χ2n) is 7.91. The summed E-state index contributed by atoms with van der Waals surface area (Å²) in [6, 6.07) is -2.39. The lowest BCUT2D eigenvalue weighted by atomic mass is 9.96. The van der Waals surface area contributed by atoms with E-state index in [-0.39, 0.29) is 19.3 Å². The van der Waals surface area contributed by atoms with Gasteiger partial charge in [-0.05, 0) is 19.3 Å². The molecule has 3 aliphatic rings. The van der Waals surface area contributed by atoms with Gasteiger partial charge < -0.3 is 34.2 Å². The molecule has 0 aliphatic carbocycles. The zero-order valence-corrected chi connectivity index (χ0v) is 19.3. The molecular weight excluding hydrogens is 483 g/mol. The van der Waals surface area contributed by atoms with Crippen LogP contribution in [0.25, 0.3) is 0 Å². The molecule has 3 saturated heterocycles. The summed E-state index contributed by atoms with van der Waals surface area (Å²) in [4.78, 5) is 20.0.